The number of carbonyl (C=O) groups excluding carboxylic acids is 1. The Labute approximate surface area is 171 Å². The van der Waals surface area contributed by atoms with E-state index in [1.807, 2.05) is 17.0 Å². The molecule has 1 saturated heterocycles. The molecule has 4 rings (SSSR count). The van der Waals surface area contributed by atoms with Gasteiger partial charge in [0.1, 0.15) is 5.69 Å². The van der Waals surface area contributed by atoms with E-state index < -0.39 is 0 Å². The minimum Gasteiger partial charge on any atom is -0.493 e. The van der Waals surface area contributed by atoms with Crippen LogP contribution in [0.1, 0.15) is 47.3 Å². The number of hydrogen-bond donors (Lipinski definition) is 0. The Balaban J connectivity index is 1.53. The molecule has 0 unspecified atom stereocenters. The molecule has 7 nitrogen and oxygen atoms in total. The van der Waals surface area contributed by atoms with Gasteiger partial charge in [0.25, 0.3) is 5.91 Å². The van der Waals surface area contributed by atoms with Gasteiger partial charge < -0.3 is 19.3 Å². The molecule has 2 aromatic rings. The van der Waals surface area contributed by atoms with E-state index in [9.17, 15) is 4.79 Å². The van der Waals surface area contributed by atoms with Crippen molar-refractivity contribution in [2.24, 2.45) is 0 Å². The van der Waals surface area contributed by atoms with Crippen LogP contribution in [-0.4, -0.2) is 54.6 Å². The third-order valence-electron chi connectivity index (χ3n) is 5.76. The van der Waals surface area contributed by atoms with Gasteiger partial charge in [0.05, 0.1) is 14.2 Å². The minimum atomic E-state index is -0.0519. The van der Waals surface area contributed by atoms with Crippen molar-refractivity contribution in [3.8, 4) is 11.5 Å². The molecule has 0 saturated carbocycles. The molecule has 0 radical (unpaired) electrons. The zero-order chi connectivity index (χ0) is 20.2. The fourth-order valence-corrected chi connectivity index (χ4v) is 4.11. The van der Waals surface area contributed by atoms with Gasteiger partial charge in [0, 0.05) is 32.4 Å². The van der Waals surface area contributed by atoms with Crippen molar-refractivity contribution < 1.29 is 14.3 Å². The summed E-state index contributed by atoms with van der Waals surface area (Å²) in [4.78, 5) is 26.2. The lowest BCUT2D eigenvalue weighted by Crippen LogP contribution is -2.37. The maximum atomic E-state index is 13.2. The number of hydrogen-bond acceptors (Lipinski definition) is 6. The van der Waals surface area contributed by atoms with Gasteiger partial charge in [-0.2, -0.15) is 0 Å². The molecule has 0 spiro atoms. The molecule has 154 valence electrons. The number of amides is 1. The number of anilines is 1. The molecule has 2 aliphatic rings. The van der Waals surface area contributed by atoms with Crippen LogP contribution in [0.25, 0.3) is 0 Å². The normalized spacial score (nSPS) is 16.8. The summed E-state index contributed by atoms with van der Waals surface area (Å²) in [7, 11) is 3.27. The van der Waals surface area contributed by atoms with E-state index in [4.69, 9.17) is 9.47 Å². The molecular weight excluding hydrogens is 368 g/mol. The van der Waals surface area contributed by atoms with Crippen LogP contribution in [0.15, 0.2) is 24.4 Å². The molecular formula is C22H28N4O3. The first-order valence-corrected chi connectivity index (χ1v) is 10.3. The molecule has 0 N–H and O–H groups in total. The Hall–Kier alpha value is -2.83. The Kier molecular flexibility index (Phi) is 5.83. The van der Waals surface area contributed by atoms with Crippen LogP contribution in [0.3, 0.4) is 0 Å². The zero-order valence-electron chi connectivity index (χ0n) is 17.2. The summed E-state index contributed by atoms with van der Waals surface area (Å²) >= 11 is 0. The maximum Gasteiger partial charge on any atom is 0.272 e. The van der Waals surface area contributed by atoms with Gasteiger partial charge in [0.2, 0.25) is 5.95 Å². The van der Waals surface area contributed by atoms with Crippen molar-refractivity contribution in [1.29, 1.82) is 0 Å². The van der Waals surface area contributed by atoms with Crippen LogP contribution in [-0.2, 0) is 13.0 Å². The highest BCUT2D eigenvalue weighted by molar-refractivity contribution is 5.92. The van der Waals surface area contributed by atoms with Crippen molar-refractivity contribution in [3.63, 3.8) is 0 Å². The van der Waals surface area contributed by atoms with E-state index in [-0.39, 0.29) is 5.91 Å². The number of benzene rings is 1. The van der Waals surface area contributed by atoms with Crippen LogP contribution in [0, 0.1) is 0 Å². The molecule has 1 fully saturated rings. The Morgan fingerprint density at radius 3 is 2.34 bits per heavy atom. The summed E-state index contributed by atoms with van der Waals surface area (Å²) in [5.41, 5.74) is 2.74. The number of ether oxygens (including phenoxy) is 2. The first-order chi connectivity index (χ1) is 14.2. The van der Waals surface area contributed by atoms with Crippen molar-refractivity contribution >= 4 is 11.9 Å². The van der Waals surface area contributed by atoms with E-state index >= 15 is 0 Å². The summed E-state index contributed by atoms with van der Waals surface area (Å²) in [5.74, 6) is 2.03. The van der Waals surface area contributed by atoms with Crippen LogP contribution in [0.2, 0.25) is 0 Å². The van der Waals surface area contributed by atoms with Gasteiger partial charge in [-0.05, 0) is 48.6 Å². The molecule has 1 aromatic carbocycles. The highest BCUT2D eigenvalue weighted by atomic mass is 16.5. The summed E-state index contributed by atoms with van der Waals surface area (Å²) in [6.07, 6.45) is 7.27. The maximum absolute atomic E-state index is 13.2. The lowest BCUT2D eigenvalue weighted by molar-refractivity contribution is 0.0728. The summed E-state index contributed by atoms with van der Waals surface area (Å²) in [6, 6.07) is 5.70. The van der Waals surface area contributed by atoms with E-state index in [1.165, 1.54) is 18.4 Å². The predicted octanol–water partition coefficient (Wildman–Crippen LogP) is 3.07. The van der Waals surface area contributed by atoms with E-state index in [2.05, 4.69) is 14.9 Å². The fourth-order valence-electron chi connectivity index (χ4n) is 4.11. The topological polar surface area (TPSA) is 67.8 Å². The molecule has 2 aliphatic heterocycles. The highest BCUT2D eigenvalue weighted by Crippen LogP contribution is 2.33. The average molecular weight is 396 g/mol. The van der Waals surface area contributed by atoms with Gasteiger partial charge in [-0.15, -0.1) is 0 Å². The van der Waals surface area contributed by atoms with E-state index in [0.29, 0.717) is 30.5 Å². The second-order valence-electron chi connectivity index (χ2n) is 7.60. The number of carbonyl (C=O) groups is 1. The van der Waals surface area contributed by atoms with Crippen LogP contribution < -0.4 is 14.4 Å². The first-order valence-electron chi connectivity index (χ1n) is 10.3. The molecule has 1 aromatic heterocycles. The van der Waals surface area contributed by atoms with Crippen LogP contribution in [0.5, 0.6) is 11.5 Å². The molecule has 0 aliphatic carbocycles. The van der Waals surface area contributed by atoms with Crippen LogP contribution >= 0.6 is 0 Å². The summed E-state index contributed by atoms with van der Waals surface area (Å²) in [5, 5.41) is 0. The summed E-state index contributed by atoms with van der Waals surface area (Å²) < 4.78 is 10.8. The second-order valence-corrected chi connectivity index (χ2v) is 7.60. The lowest BCUT2D eigenvalue weighted by atomic mass is 9.98. The number of methoxy groups -OCH3 is 2. The number of rotatable bonds is 4. The Bertz CT molecular complexity index is 878. The van der Waals surface area contributed by atoms with Gasteiger partial charge in [-0.3, -0.25) is 4.79 Å². The third kappa shape index (κ3) is 4.13. The molecule has 29 heavy (non-hydrogen) atoms. The average Bonchev–Trinajstić information content (AvgIpc) is 3.07. The van der Waals surface area contributed by atoms with Crippen molar-refractivity contribution in [2.75, 3.05) is 38.8 Å². The SMILES string of the molecule is COc1cc2c(cc1OC)CN(C(=O)c1ccnc(N3CCCCCC3)n1)CC2. The van der Waals surface area contributed by atoms with Crippen molar-refractivity contribution in [2.45, 2.75) is 38.6 Å². The van der Waals surface area contributed by atoms with Crippen molar-refractivity contribution in [1.82, 2.24) is 14.9 Å². The van der Waals surface area contributed by atoms with E-state index in [0.717, 1.165) is 43.7 Å². The standard InChI is InChI=1S/C22H28N4O3/c1-28-19-13-16-8-12-26(15-17(16)14-20(19)29-2)21(27)18-7-9-23-22(24-18)25-10-5-3-4-6-11-25/h7,9,13-14H,3-6,8,10-12,15H2,1-2H3. The molecule has 0 atom stereocenters. The quantitative estimate of drug-likeness (QED) is 0.791. The number of nitrogens with zero attached hydrogens (tertiary/aromatic N) is 4. The van der Waals surface area contributed by atoms with Gasteiger partial charge >= 0.3 is 0 Å². The smallest absolute Gasteiger partial charge is 0.272 e. The number of aromatic nitrogens is 2. The summed E-state index contributed by atoms with van der Waals surface area (Å²) in [6.45, 7) is 3.11. The third-order valence-corrected chi connectivity index (χ3v) is 5.76. The van der Waals surface area contributed by atoms with Gasteiger partial charge in [-0.1, -0.05) is 12.8 Å². The molecule has 0 bridgehead atoms. The molecule has 1 amide bonds. The van der Waals surface area contributed by atoms with Gasteiger partial charge in [0.15, 0.2) is 11.5 Å². The van der Waals surface area contributed by atoms with Crippen LogP contribution in [0.4, 0.5) is 5.95 Å². The lowest BCUT2D eigenvalue weighted by Gasteiger charge is -2.29. The molecule has 7 heteroatoms. The van der Waals surface area contributed by atoms with Crippen molar-refractivity contribution in [3.05, 3.63) is 41.2 Å². The predicted molar refractivity (Wildman–Crippen MR) is 111 cm³/mol. The largest absolute Gasteiger partial charge is 0.493 e. The first kappa shape index (κ1) is 19.5. The minimum absolute atomic E-state index is 0.0519. The van der Waals surface area contributed by atoms with E-state index in [1.54, 1.807) is 26.5 Å². The molecule has 3 heterocycles. The Morgan fingerprint density at radius 1 is 0.966 bits per heavy atom. The monoisotopic (exact) mass is 396 g/mol. The van der Waals surface area contributed by atoms with Gasteiger partial charge in [-0.25, -0.2) is 9.97 Å². The zero-order valence-corrected chi connectivity index (χ0v) is 17.2. The highest BCUT2D eigenvalue weighted by Gasteiger charge is 2.25. The fraction of sp³-hybridized carbons (Fsp3) is 0.500. The number of fused-ring (bicyclic) bond motifs is 1. The second kappa shape index (κ2) is 8.68. The Morgan fingerprint density at radius 2 is 1.66 bits per heavy atom.